The molecule has 0 atom stereocenters. The Balaban J connectivity index is 0. The van der Waals surface area contributed by atoms with E-state index in [-0.39, 0.29) is 17.1 Å². The van der Waals surface area contributed by atoms with Gasteiger partial charge in [-0.25, -0.2) is 0 Å². The first-order chi connectivity index (χ1) is 1.41. The molecule has 0 aromatic rings. The average molecular weight is 190 g/mol. The van der Waals surface area contributed by atoms with Gasteiger partial charge >= 0.3 is 33.3 Å². The minimum atomic E-state index is 0. The van der Waals surface area contributed by atoms with E-state index in [1.54, 1.807) is 0 Å². The fourth-order valence-corrected chi connectivity index (χ4v) is 0. The van der Waals surface area contributed by atoms with Crippen molar-refractivity contribution in [2.75, 3.05) is 0 Å². The van der Waals surface area contributed by atoms with E-state index in [0.29, 0.717) is 0 Å². The van der Waals surface area contributed by atoms with Gasteiger partial charge in [0.1, 0.15) is 0 Å². The van der Waals surface area contributed by atoms with Crippen LogP contribution in [0.2, 0.25) is 0 Å². The van der Waals surface area contributed by atoms with E-state index in [9.17, 15) is 0 Å². The second-order valence-electron chi connectivity index (χ2n) is 0.0431. The molecule has 0 bridgehead atoms. The van der Waals surface area contributed by atoms with Crippen molar-refractivity contribution in [1.82, 2.24) is 0 Å². The third kappa shape index (κ3) is 9.47. The molecule has 0 N–H and O–H groups in total. The topological polar surface area (TPSA) is 0 Å². The van der Waals surface area contributed by atoms with E-state index in [4.69, 9.17) is 0 Å². The minimum Gasteiger partial charge on any atom is 0 e. The van der Waals surface area contributed by atoms with Crippen LogP contribution in [-0.4, -0.2) is 0 Å². The summed E-state index contributed by atoms with van der Waals surface area (Å²) in [5, 5.41) is 0. The van der Waals surface area contributed by atoms with Gasteiger partial charge in [-0.05, 0) is 0 Å². The van der Waals surface area contributed by atoms with Crippen molar-refractivity contribution in [3.8, 4) is 0 Å². The first-order valence-corrected chi connectivity index (χ1v) is 2.82. The molecule has 0 rings (SSSR count). The Morgan fingerprint density at radius 2 is 1.25 bits per heavy atom. The number of rotatable bonds is 0. The van der Waals surface area contributed by atoms with Crippen molar-refractivity contribution in [3.63, 3.8) is 0 Å². The number of hydrogen-bond acceptors (Lipinski definition) is 0. The quantitative estimate of drug-likeness (QED) is 0.506. The van der Waals surface area contributed by atoms with Crippen LogP contribution in [0.3, 0.4) is 0 Å². The van der Waals surface area contributed by atoms with Crippen LogP contribution < -0.4 is 0 Å². The Labute approximate surface area is 50.3 Å². The fraction of sp³-hybridized carbons (Fsp3) is 0. The average Bonchev–Trinajstić information content (AvgIpc) is 0.918. The molecule has 0 unspecified atom stereocenters. The maximum Gasteiger partial charge on any atom is 0 e. The molecule has 0 radical (unpaired) electrons. The molecule has 0 heterocycles. The Morgan fingerprint density at radius 1 is 1.25 bits per heavy atom. The maximum absolute atomic E-state index is 4.67. The zero-order valence-corrected chi connectivity index (χ0v) is 4.97. The van der Waals surface area contributed by atoms with Gasteiger partial charge in [0.05, 0.1) is 0 Å². The van der Waals surface area contributed by atoms with E-state index in [0.717, 1.165) is 13.1 Å². The Hall–Kier alpha value is 1.62. The van der Waals surface area contributed by atoms with Gasteiger partial charge in [-0.15, -0.1) is 0 Å². The summed E-state index contributed by atoms with van der Waals surface area (Å²) in [5.41, 5.74) is 0. The van der Waals surface area contributed by atoms with E-state index >= 15 is 0 Å². The predicted octanol–water partition coefficient (Wildman–Crippen LogP) is 1.37. The summed E-state index contributed by atoms with van der Waals surface area (Å²) in [5.74, 6) is 0. The number of halogens is 2. The molecule has 0 aliphatic carbocycles. The van der Waals surface area contributed by atoms with Crippen LogP contribution in [0.15, 0.2) is 0 Å². The van der Waals surface area contributed by atoms with Gasteiger partial charge in [-0.3, -0.25) is 0 Å². The largest absolute Gasteiger partial charge is 0 e. The van der Waals surface area contributed by atoms with Gasteiger partial charge in [0.25, 0.3) is 0 Å². The standard InChI is InChI=1S/2ClH.Cu.Fe/h2*1H;;/q;;+2;/p-2. The second-order valence-corrected chi connectivity index (χ2v) is 1.60. The molecule has 0 fully saturated rings. The molecule has 0 aromatic heterocycles. The Morgan fingerprint density at radius 3 is 1.25 bits per heavy atom. The van der Waals surface area contributed by atoms with Gasteiger partial charge in [0.15, 0.2) is 0 Å². The summed E-state index contributed by atoms with van der Waals surface area (Å²) in [6, 6.07) is 0. The Kier molecular flexibility index (Phi) is 20.2. The van der Waals surface area contributed by atoms with Crippen molar-refractivity contribution in [2.45, 2.75) is 0 Å². The second kappa shape index (κ2) is 8.82. The Bertz CT molecular complexity index is 6.00. The van der Waals surface area contributed by atoms with Crippen LogP contribution in [-0.2, 0) is 30.2 Å². The molecule has 0 nitrogen and oxygen atoms in total. The van der Waals surface area contributed by atoms with E-state index in [1.807, 2.05) is 0 Å². The van der Waals surface area contributed by atoms with Gasteiger partial charge < -0.3 is 0 Å². The SMILES string of the molecule is [Cl][Cu][Cl].[Fe]. The van der Waals surface area contributed by atoms with Crippen molar-refractivity contribution in [1.29, 1.82) is 0 Å². The maximum atomic E-state index is 4.67. The minimum absolute atomic E-state index is 0. The van der Waals surface area contributed by atoms with Crippen molar-refractivity contribution in [3.05, 3.63) is 0 Å². The summed E-state index contributed by atoms with van der Waals surface area (Å²) in [6.45, 7) is 0. The van der Waals surface area contributed by atoms with Gasteiger partial charge in [0.2, 0.25) is 0 Å². The zero-order chi connectivity index (χ0) is 2.71. The van der Waals surface area contributed by atoms with E-state index in [2.05, 4.69) is 20.2 Å². The third-order valence-corrected chi connectivity index (χ3v) is 0. The normalized spacial score (nSPS) is 5.50. The fourth-order valence-electron chi connectivity index (χ4n) is 0. The summed E-state index contributed by atoms with van der Waals surface area (Å²) in [6.07, 6.45) is 0. The number of hydrogen-bond donors (Lipinski definition) is 0. The molecule has 0 saturated heterocycles. The monoisotopic (exact) mass is 189 g/mol. The molecular formula is Cl2CuFe. The summed E-state index contributed by atoms with van der Waals surface area (Å²) in [4.78, 5) is 0. The van der Waals surface area contributed by atoms with Crippen LogP contribution in [0.1, 0.15) is 0 Å². The van der Waals surface area contributed by atoms with Crippen molar-refractivity contribution < 1.29 is 30.2 Å². The molecule has 0 amide bonds. The smallest absolute Gasteiger partial charge is 0 e. The molecule has 33 valence electrons. The van der Waals surface area contributed by atoms with Gasteiger partial charge in [-0.2, -0.15) is 0 Å². The van der Waals surface area contributed by atoms with E-state index < -0.39 is 0 Å². The molecule has 0 aromatic carbocycles. The summed E-state index contributed by atoms with van der Waals surface area (Å²) < 4.78 is 0. The van der Waals surface area contributed by atoms with Crippen LogP contribution >= 0.6 is 20.2 Å². The zero-order valence-electron chi connectivity index (χ0n) is 1.41. The predicted molar refractivity (Wildman–Crippen MR) is 11.7 cm³/mol. The first-order valence-electron chi connectivity index (χ1n) is 0.228. The van der Waals surface area contributed by atoms with Crippen LogP contribution in [0.5, 0.6) is 0 Å². The molecule has 0 saturated carbocycles. The van der Waals surface area contributed by atoms with Gasteiger partial charge in [-0.1, -0.05) is 0 Å². The molecule has 4 heteroatoms. The van der Waals surface area contributed by atoms with Crippen LogP contribution in [0.25, 0.3) is 0 Å². The van der Waals surface area contributed by atoms with E-state index in [1.165, 1.54) is 0 Å². The van der Waals surface area contributed by atoms with Gasteiger partial charge in [0, 0.05) is 17.1 Å². The van der Waals surface area contributed by atoms with Crippen LogP contribution in [0.4, 0.5) is 0 Å². The third-order valence-electron chi connectivity index (χ3n) is 0. The molecular weight excluding hydrogens is 190 g/mol. The molecule has 4 heavy (non-hydrogen) atoms. The van der Waals surface area contributed by atoms with Crippen molar-refractivity contribution in [2.24, 2.45) is 0 Å². The molecule has 0 aliphatic rings. The summed E-state index contributed by atoms with van der Waals surface area (Å²) >= 11 is 0.757. The molecule has 0 aliphatic heterocycles. The summed E-state index contributed by atoms with van der Waals surface area (Å²) in [7, 11) is 9.34. The first kappa shape index (κ1) is 9.15. The van der Waals surface area contributed by atoms with Crippen LogP contribution in [0, 0.1) is 0 Å². The molecule has 0 spiro atoms. The van der Waals surface area contributed by atoms with Crippen molar-refractivity contribution >= 4 is 20.2 Å².